The first-order valence-corrected chi connectivity index (χ1v) is 20.5. The highest BCUT2D eigenvalue weighted by molar-refractivity contribution is 6.09. The lowest BCUT2D eigenvalue weighted by Crippen LogP contribution is -2.33. The first kappa shape index (κ1) is 33.9. The van der Waals surface area contributed by atoms with E-state index in [1.54, 1.807) is 0 Å². The van der Waals surface area contributed by atoms with Crippen LogP contribution in [0.15, 0.2) is 170 Å². The highest BCUT2D eigenvalue weighted by atomic mass is 15.1. The molecule has 2 aliphatic carbocycles. The number of hydrogen-bond acceptors (Lipinski definition) is 1. The second kappa shape index (κ2) is 12.8. The summed E-state index contributed by atoms with van der Waals surface area (Å²) in [6.07, 6.45) is 10.3. The molecule has 2 aliphatic rings. The fraction of sp³-hybridized carbons (Fsp3) is 0.167. The predicted molar refractivity (Wildman–Crippen MR) is 240 cm³/mol. The molecule has 3 heteroatoms. The summed E-state index contributed by atoms with van der Waals surface area (Å²) in [5.41, 5.74) is 13.8. The molecule has 0 amide bonds. The van der Waals surface area contributed by atoms with Crippen LogP contribution < -0.4 is 0 Å². The molecule has 0 fully saturated rings. The van der Waals surface area contributed by atoms with Gasteiger partial charge < -0.3 is 4.57 Å². The van der Waals surface area contributed by atoms with Crippen molar-refractivity contribution < 1.29 is 0 Å². The van der Waals surface area contributed by atoms with Gasteiger partial charge in [0.25, 0.3) is 0 Å². The number of pyridine rings is 1. The average Bonchev–Trinajstić information content (AvgIpc) is 3.77. The third-order valence-corrected chi connectivity index (χ3v) is 13.6. The molecule has 0 bridgehead atoms. The first-order valence-electron chi connectivity index (χ1n) is 20.5. The normalized spacial score (nSPS) is 20.7. The van der Waals surface area contributed by atoms with Crippen LogP contribution in [0.5, 0.6) is 0 Å². The number of hydrogen-bond donors (Lipinski definition) is 0. The second-order valence-corrected chi connectivity index (χ2v) is 16.9. The zero-order valence-electron chi connectivity index (χ0n) is 32.8. The van der Waals surface area contributed by atoms with E-state index in [1.165, 1.54) is 77.3 Å². The highest BCUT2D eigenvalue weighted by Gasteiger charge is 2.38. The minimum Gasteiger partial charge on any atom is -0.310 e. The number of nitrogens with zero attached hydrogens (tertiary/aromatic N) is 3. The molecule has 3 aromatic heterocycles. The van der Waals surface area contributed by atoms with Crippen molar-refractivity contribution in [2.45, 2.75) is 50.9 Å². The van der Waals surface area contributed by atoms with Crippen molar-refractivity contribution in [2.24, 2.45) is 5.92 Å². The molecule has 0 radical (unpaired) electrons. The molecule has 0 saturated heterocycles. The van der Waals surface area contributed by atoms with Crippen molar-refractivity contribution in [3.05, 3.63) is 198 Å². The molecule has 57 heavy (non-hydrogen) atoms. The van der Waals surface area contributed by atoms with Gasteiger partial charge in [-0.1, -0.05) is 142 Å². The van der Waals surface area contributed by atoms with E-state index in [0.717, 1.165) is 30.6 Å². The van der Waals surface area contributed by atoms with Crippen LogP contribution in [0.4, 0.5) is 0 Å². The van der Waals surface area contributed by atoms with Gasteiger partial charge in [0.15, 0.2) is 0 Å². The lowest BCUT2D eigenvalue weighted by molar-refractivity contribution is 0.313. The number of aromatic nitrogens is 3. The molecule has 3 unspecified atom stereocenters. The second-order valence-electron chi connectivity index (χ2n) is 16.9. The Bertz CT molecular complexity index is 3090. The maximum atomic E-state index is 5.43. The van der Waals surface area contributed by atoms with E-state index in [0.29, 0.717) is 5.92 Å². The first-order chi connectivity index (χ1) is 27.9. The Hall–Kier alpha value is -6.45. The lowest BCUT2D eigenvalue weighted by atomic mass is 9.64. The van der Waals surface area contributed by atoms with Gasteiger partial charge in [0.1, 0.15) is 5.82 Å². The molecule has 9 aromatic rings. The standard InChI is InChI=1S/C54H45N3/c1-36-32-38(37-16-6-4-7-17-37)28-31-54(36,3)46-34-52(55-47-23-13-10-22-43(46)47)57-49-25-15-11-20-41(49)44-33-39(26-27-50(44)57)53(2)30-29-51-45(35-53)42-21-12-14-24-48(42)56(51)40-18-8-5-9-19-40/h4-30,33-34,36H,31-32,35H2,1-3H3. The van der Waals surface area contributed by atoms with Gasteiger partial charge in [-0.25, -0.2) is 4.98 Å². The van der Waals surface area contributed by atoms with Gasteiger partial charge in [-0.05, 0) is 113 Å². The topological polar surface area (TPSA) is 22.8 Å². The Morgan fingerprint density at radius 3 is 2.04 bits per heavy atom. The van der Waals surface area contributed by atoms with Crippen molar-refractivity contribution in [1.29, 1.82) is 0 Å². The van der Waals surface area contributed by atoms with Gasteiger partial charge in [-0.2, -0.15) is 0 Å². The Morgan fingerprint density at radius 2 is 1.26 bits per heavy atom. The SMILES string of the molecule is CC1CC(c2ccccc2)=CCC1(C)c1cc(-n2c3ccccc3c3cc(C4(C)C=Cc5c(c6ccccc6n5-c5ccccc5)C4)ccc32)nc2ccccc12. The third kappa shape index (κ3) is 5.22. The summed E-state index contributed by atoms with van der Waals surface area (Å²) >= 11 is 0. The van der Waals surface area contributed by atoms with Gasteiger partial charge in [0.05, 0.1) is 22.1 Å². The summed E-state index contributed by atoms with van der Waals surface area (Å²) in [5.74, 6) is 1.43. The molecule has 3 heterocycles. The summed E-state index contributed by atoms with van der Waals surface area (Å²) in [5, 5.41) is 5.10. The maximum absolute atomic E-state index is 5.43. The zero-order chi connectivity index (χ0) is 38.3. The summed E-state index contributed by atoms with van der Waals surface area (Å²) in [7, 11) is 0. The molecule has 276 valence electrons. The van der Waals surface area contributed by atoms with E-state index < -0.39 is 0 Å². The Morgan fingerprint density at radius 1 is 0.614 bits per heavy atom. The van der Waals surface area contributed by atoms with Crippen LogP contribution in [-0.2, 0) is 17.3 Å². The highest BCUT2D eigenvalue weighted by Crippen LogP contribution is 2.48. The molecule has 11 rings (SSSR count). The summed E-state index contributed by atoms with van der Waals surface area (Å²) in [6.45, 7) is 7.32. The molecule has 0 N–H and O–H groups in total. The molecule has 0 saturated carbocycles. The van der Waals surface area contributed by atoms with Gasteiger partial charge in [-0.3, -0.25) is 4.57 Å². The van der Waals surface area contributed by atoms with E-state index in [1.807, 2.05) is 0 Å². The van der Waals surface area contributed by atoms with Crippen LogP contribution in [0.25, 0.3) is 66.8 Å². The van der Waals surface area contributed by atoms with Gasteiger partial charge in [0.2, 0.25) is 0 Å². The fourth-order valence-electron chi connectivity index (χ4n) is 10.2. The van der Waals surface area contributed by atoms with Crippen LogP contribution >= 0.6 is 0 Å². The predicted octanol–water partition coefficient (Wildman–Crippen LogP) is 13.6. The van der Waals surface area contributed by atoms with E-state index in [2.05, 4.69) is 206 Å². The number of rotatable bonds is 5. The number of benzene rings is 6. The third-order valence-electron chi connectivity index (χ3n) is 13.6. The van der Waals surface area contributed by atoms with Crippen LogP contribution in [0.3, 0.4) is 0 Å². The monoisotopic (exact) mass is 735 g/mol. The van der Waals surface area contributed by atoms with Gasteiger partial charge in [0, 0.05) is 38.3 Å². The van der Waals surface area contributed by atoms with Crippen LogP contribution in [-0.4, -0.2) is 14.1 Å². The Balaban J connectivity index is 1.04. The van der Waals surface area contributed by atoms with E-state index in [4.69, 9.17) is 4.98 Å². The fourth-order valence-corrected chi connectivity index (χ4v) is 10.2. The zero-order valence-corrected chi connectivity index (χ0v) is 32.8. The lowest BCUT2D eigenvalue weighted by Gasteiger charge is -2.40. The summed E-state index contributed by atoms with van der Waals surface area (Å²) < 4.78 is 4.84. The summed E-state index contributed by atoms with van der Waals surface area (Å²) in [6, 6.07) is 57.8. The van der Waals surface area contributed by atoms with E-state index in [9.17, 15) is 0 Å². The maximum Gasteiger partial charge on any atom is 0.138 e. The number of allylic oxidation sites excluding steroid dienone is 3. The molecule has 0 aliphatic heterocycles. The van der Waals surface area contributed by atoms with Crippen molar-refractivity contribution in [3.8, 4) is 11.5 Å². The molecule has 0 spiro atoms. The summed E-state index contributed by atoms with van der Waals surface area (Å²) in [4.78, 5) is 5.43. The Labute approximate surface area is 334 Å². The van der Waals surface area contributed by atoms with Crippen molar-refractivity contribution in [1.82, 2.24) is 14.1 Å². The van der Waals surface area contributed by atoms with E-state index >= 15 is 0 Å². The van der Waals surface area contributed by atoms with E-state index in [-0.39, 0.29) is 10.8 Å². The van der Waals surface area contributed by atoms with Crippen LogP contribution in [0, 0.1) is 5.92 Å². The number of para-hydroxylation sites is 4. The molecular formula is C54H45N3. The molecule has 3 atom stereocenters. The van der Waals surface area contributed by atoms with Crippen molar-refractivity contribution in [2.75, 3.05) is 0 Å². The minimum absolute atomic E-state index is 0.0497. The Kier molecular flexibility index (Phi) is 7.60. The largest absolute Gasteiger partial charge is 0.310 e. The minimum atomic E-state index is -0.178. The van der Waals surface area contributed by atoms with Crippen LogP contribution in [0.2, 0.25) is 0 Å². The molecular weight excluding hydrogens is 691 g/mol. The van der Waals surface area contributed by atoms with Gasteiger partial charge >= 0.3 is 0 Å². The smallest absolute Gasteiger partial charge is 0.138 e. The number of fused-ring (bicyclic) bond motifs is 7. The van der Waals surface area contributed by atoms with Crippen molar-refractivity contribution in [3.63, 3.8) is 0 Å². The average molecular weight is 736 g/mol. The van der Waals surface area contributed by atoms with Gasteiger partial charge in [-0.15, -0.1) is 0 Å². The quantitative estimate of drug-likeness (QED) is 0.173. The van der Waals surface area contributed by atoms with Crippen LogP contribution in [0.1, 0.15) is 61.6 Å². The molecule has 6 aromatic carbocycles. The van der Waals surface area contributed by atoms with Crippen molar-refractivity contribution >= 4 is 55.3 Å². The molecule has 3 nitrogen and oxygen atoms in total.